The molecule has 3 rings (SSSR count). The van der Waals surface area contributed by atoms with Gasteiger partial charge in [-0.2, -0.15) is 0 Å². The number of methoxy groups -OCH3 is 1. The summed E-state index contributed by atoms with van der Waals surface area (Å²) in [5, 5.41) is 0. The fraction of sp³-hybridized carbons (Fsp3) is 0.350. The van der Waals surface area contributed by atoms with Gasteiger partial charge in [0.25, 0.3) is 15.9 Å². The summed E-state index contributed by atoms with van der Waals surface area (Å²) in [5.41, 5.74) is 2.57. The van der Waals surface area contributed by atoms with Crippen molar-refractivity contribution in [2.45, 2.75) is 31.6 Å². The van der Waals surface area contributed by atoms with Crippen LogP contribution in [0.2, 0.25) is 0 Å². The van der Waals surface area contributed by atoms with Crippen LogP contribution in [0.4, 0.5) is 5.69 Å². The third kappa shape index (κ3) is 4.08. The largest absolute Gasteiger partial charge is 0.496 e. The van der Waals surface area contributed by atoms with Crippen molar-refractivity contribution in [1.82, 2.24) is 4.90 Å². The van der Waals surface area contributed by atoms with E-state index in [-0.39, 0.29) is 16.4 Å². The molecule has 1 saturated heterocycles. The van der Waals surface area contributed by atoms with Crippen LogP contribution in [-0.2, 0) is 10.0 Å². The first-order valence-corrected chi connectivity index (χ1v) is 10.4. The summed E-state index contributed by atoms with van der Waals surface area (Å²) in [6.07, 6.45) is 1.92. The molecule has 144 valence electrons. The van der Waals surface area contributed by atoms with Gasteiger partial charge in [0, 0.05) is 13.1 Å². The Hall–Kier alpha value is -2.54. The van der Waals surface area contributed by atoms with Crippen LogP contribution in [0, 0.1) is 13.8 Å². The molecule has 1 aliphatic rings. The van der Waals surface area contributed by atoms with E-state index in [2.05, 4.69) is 4.72 Å². The normalized spacial score (nSPS) is 14.3. The molecule has 0 saturated carbocycles. The second-order valence-corrected chi connectivity index (χ2v) is 8.47. The Morgan fingerprint density at radius 1 is 1.07 bits per heavy atom. The second kappa shape index (κ2) is 7.60. The predicted octanol–water partition coefficient (Wildman–Crippen LogP) is 3.35. The van der Waals surface area contributed by atoms with Gasteiger partial charge in [0.1, 0.15) is 5.75 Å². The molecular weight excluding hydrogens is 364 g/mol. The molecule has 0 atom stereocenters. The lowest BCUT2D eigenvalue weighted by molar-refractivity contribution is 0.0789. The summed E-state index contributed by atoms with van der Waals surface area (Å²) in [4.78, 5) is 14.6. The molecule has 2 aromatic carbocycles. The molecule has 0 unspecified atom stereocenters. The van der Waals surface area contributed by atoms with Crippen LogP contribution in [0.15, 0.2) is 41.3 Å². The molecule has 1 N–H and O–H groups in total. The molecular formula is C20H24N2O4S. The van der Waals surface area contributed by atoms with Crippen molar-refractivity contribution in [3.05, 3.63) is 53.1 Å². The van der Waals surface area contributed by atoms with Crippen molar-refractivity contribution in [3.63, 3.8) is 0 Å². The van der Waals surface area contributed by atoms with E-state index >= 15 is 0 Å². The Morgan fingerprint density at radius 3 is 2.44 bits per heavy atom. The number of sulfonamides is 1. The number of amides is 1. The minimum atomic E-state index is -3.83. The van der Waals surface area contributed by atoms with E-state index in [1.54, 1.807) is 11.0 Å². The van der Waals surface area contributed by atoms with E-state index in [0.717, 1.165) is 24.0 Å². The number of ether oxygens (including phenoxy) is 1. The van der Waals surface area contributed by atoms with Crippen LogP contribution >= 0.6 is 0 Å². The molecule has 0 bridgehead atoms. The minimum Gasteiger partial charge on any atom is -0.496 e. The lowest BCUT2D eigenvalue weighted by atomic mass is 10.1. The Morgan fingerprint density at radius 2 is 1.78 bits per heavy atom. The maximum absolute atomic E-state index is 12.9. The highest BCUT2D eigenvalue weighted by Crippen LogP contribution is 2.27. The van der Waals surface area contributed by atoms with Gasteiger partial charge in [-0.25, -0.2) is 8.42 Å². The first-order chi connectivity index (χ1) is 12.8. The minimum absolute atomic E-state index is 0.0340. The number of nitrogens with one attached hydrogen (secondary N) is 1. The summed E-state index contributed by atoms with van der Waals surface area (Å²) < 4.78 is 33.7. The van der Waals surface area contributed by atoms with Gasteiger partial charge in [-0.15, -0.1) is 0 Å². The average Bonchev–Trinajstić information content (AvgIpc) is 3.18. The Labute approximate surface area is 160 Å². The number of carbonyl (C=O) groups excluding carboxylic acids is 1. The van der Waals surface area contributed by atoms with E-state index in [4.69, 9.17) is 4.74 Å². The highest BCUT2D eigenvalue weighted by atomic mass is 32.2. The van der Waals surface area contributed by atoms with E-state index in [1.165, 1.54) is 25.3 Å². The van der Waals surface area contributed by atoms with Crippen LogP contribution in [0.5, 0.6) is 5.75 Å². The first kappa shape index (κ1) is 19.2. The average molecular weight is 388 g/mol. The molecule has 27 heavy (non-hydrogen) atoms. The van der Waals surface area contributed by atoms with Crippen molar-refractivity contribution in [1.29, 1.82) is 0 Å². The Balaban J connectivity index is 1.96. The summed E-state index contributed by atoms with van der Waals surface area (Å²) in [6, 6.07) is 9.95. The zero-order valence-corrected chi connectivity index (χ0v) is 16.6. The SMILES string of the molecule is COc1ccc(S(=O)(=O)Nc2cc(C)ccc2C)cc1C(=O)N1CCCC1. The third-order valence-electron chi connectivity index (χ3n) is 4.74. The van der Waals surface area contributed by atoms with Gasteiger partial charge in [-0.05, 0) is 62.1 Å². The van der Waals surface area contributed by atoms with E-state index in [9.17, 15) is 13.2 Å². The summed E-state index contributed by atoms with van der Waals surface area (Å²) in [5.74, 6) is 0.172. The number of rotatable bonds is 5. The molecule has 1 heterocycles. The standard InChI is InChI=1S/C20H24N2O4S/c1-14-6-7-15(2)18(12-14)21-27(24,25)16-8-9-19(26-3)17(13-16)20(23)22-10-4-5-11-22/h6-9,12-13,21H,4-5,10-11H2,1-3H3. The van der Waals surface area contributed by atoms with Crippen molar-refractivity contribution >= 4 is 21.6 Å². The predicted molar refractivity (Wildman–Crippen MR) is 105 cm³/mol. The summed E-state index contributed by atoms with van der Waals surface area (Å²) >= 11 is 0. The van der Waals surface area contributed by atoms with Crippen LogP contribution in [0.25, 0.3) is 0 Å². The van der Waals surface area contributed by atoms with Gasteiger partial charge in [0.15, 0.2) is 0 Å². The number of anilines is 1. The number of carbonyl (C=O) groups is 1. The smallest absolute Gasteiger partial charge is 0.261 e. The second-order valence-electron chi connectivity index (χ2n) is 6.79. The molecule has 0 radical (unpaired) electrons. The van der Waals surface area contributed by atoms with Gasteiger partial charge in [-0.1, -0.05) is 12.1 Å². The first-order valence-electron chi connectivity index (χ1n) is 8.89. The number of aryl methyl sites for hydroxylation is 2. The summed E-state index contributed by atoms with van der Waals surface area (Å²) in [6.45, 7) is 5.10. The van der Waals surface area contributed by atoms with E-state index in [1.807, 2.05) is 26.0 Å². The van der Waals surface area contributed by atoms with Gasteiger partial charge in [0.05, 0.1) is 23.3 Å². The maximum Gasteiger partial charge on any atom is 0.261 e. The quantitative estimate of drug-likeness (QED) is 0.852. The van der Waals surface area contributed by atoms with Gasteiger partial charge in [0.2, 0.25) is 0 Å². The van der Waals surface area contributed by atoms with Crippen molar-refractivity contribution < 1.29 is 17.9 Å². The number of benzene rings is 2. The fourth-order valence-electron chi connectivity index (χ4n) is 3.16. The Bertz CT molecular complexity index is 964. The molecule has 0 aromatic heterocycles. The number of likely N-dealkylation sites (tertiary alicyclic amines) is 1. The highest BCUT2D eigenvalue weighted by Gasteiger charge is 2.25. The zero-order chi connectivity index (χ0) is 19.6. The van der Waals surface area contributed by atoms with Crippen LogP contribution in [0.1, 0.15) is 34.3 Å². The Kier molecular flexibility index (Phi) is 5.41. The highest BCUT2D eigenvalue weighted by molar-refractivity contribution is 7.92. The van der Waals surface area contributed by atoms with E-state index in [0.29, 0.717) is 24.5 Å². The molecule has 1 fully saturated rings. The molecule has 2 aromatic rings. The van der Waals surface area contributed by atoms with Gasteiger partial charge in [-0.3, -0.25) is 9.52 Å². The number of hydrogen-bond acceptors (Lipinski definition) is 4. The number of hydrogen-bond donors (Lipinski definition) is 1. The molecule has 0 spiro atoms. The molecule has 6 nitrogen and oxygen atoms in total. The maximum atomic E-state index is 12.9. The van der Waals surface area contributed by atoms with Crippen LogP contribution < -0.4 is 9.46 Å². The van der Waals surface area contributed by atoms with Gasteiger partial charge >= 0.3 is 0 Å². The zero-order valence-electron chi connectivity index (χ0n) is 15.8. The van der Waals surface area contributed by atoms with E-state index < -0.39 is 10.0 Å². The molecule has 1 amide bonds. The molecule has 1 aliphatic heterocycles. The molecule has 7 heteroatoms. The van der Waals surface area contributed by atoms with Gasteiger partial charge < -0.3 is 9.64 Å². The van der Waals surface area contributed by atoms with Crippen molar-refractivity contribution in [2.75, 3.05) is 24.9 Å². The van der Waals surface area contributed by atoms with Crippen molar-refractivity contribution in [3.8, 4) is 5.75 Å². The van der Waals surface area contributed by atoms with Crippen LogP contribution in [-0.4, -0.2) is 39.4 Å². The third-order valence-corrected chi connectivity index (χ3v) is 6.11. The van der Waals surface area contributed by atoms with Crippen LogP contribution in [0.3, 0.4) is 0 Å². The number of nitrogens with zero attached hydrogens (tertiary/aromatic N) is 1. The fourth-order valence-corrected chi connectivity index (χ4v) is 4.31. The lowest BCUT2D eigenvalue weighted by Crippen LogP contribution is -2.28. The molecule has 0 aliphatic carbocycles. The summed E-state index contributed by atoms with van der Waals surface area (Å²) in [7, 11) is -2.36. The monoisotopic (exact) mass is 388 g/mol. The topological polar surface area (TPSA) is 75.7 Å². The van der Waals surface area contributed by atoms with Crippen molar-refractivity contribution in [2.24, 2.45) is 0 Å². The lowest BCUT2D eigenvalue weighted by Gasteiger charge is -2.18.